The summed E-state index contributed by atoms with van der Waals surface area (Å²) in [5.41, 5.74) is 2.34. The van der Waals surface area contributed by atoms with Crippen LogP contribution in [0.15, 0.2) is 54.6 Å². The van der Waals surface area contributed by atoms with Gasteiger partial charge in [-0.15, -0.1) is 0 Å². The molecule has 7 nitrogen and oxygen atoms in total. The van der Waals surface area contributed by atoms with Gasteiger partial charge in [0, 0.05) is 31.4 Å². The highest BCUT2D eigenvalue weighted by molar-refractivity contribution is 6.42. The van der Waals surface area contributed by atoms with Crippen molar-refractivity contribution in [2.75, 3.05) is 39.1 Å². The van der Waals surface area contributed by atoms with E-state index in [-0.39, 0.29) is 18.4 Å². The lowest BCUT2D eigenvalue weighted by Gasteiger charge is -2.32. The molecule has 0 unspecified atom stereocenters. The maximum Gasteiger partial charge on any atom is 0.330 e. The van der Waals surface area contributed by atoms with Crippen LogP contribution in [0.25, 0.3) is 0 Å². The lowest BCUT2D eigenvalue weighted by molar-refractivity contribution is -0.135. The Balaban J connectivity index is 1.73. The quantitative estimate of drug-likeness (QED) is 0.391. The second-order valence-electron chi connectivity index (χ2n) is 8.42. The molecule has 1 heterocycles. The van der Waals surface area contributed by atoms with E-state index in [1.807, 2.05) is 25.2 Å². The highest BCUT2D eigenvalue weighted by atomic mass is 35.5. The second kappa shape index (κ2) is 12.7. The number of hydrogen-bond donors (Lipinski definition) is 1. The number of benzene rings is 2. The van der Waals surface area contributed by atoms with Crippen molar-refractivity contribution in [3.8, 4) is 0 Å². The first kappa shape index (κ1) is 26.7. The van der Waals surface area contributed by atoms with E-state index < -0.39 is 11.9 Å². The van der Waals surface area contributed by atoms with E-state index in [1.54, 1.807) is 29.2 Å². The Kier molecular flexibility index (Phi) is 9.72. The zero-order chi connectivity index (χ0) is 25.4. The van der Waals surface area contributed by atoms with Gasteiger partial charge in [0.2, 0.25) is 11.8 Å². The van der Waals surface area contributed by atoms with Gasteiger partial charge in [-0.1, -0.05) is 41.4 Å². The molecular weight excluding hydrogens is 489 g/mol. The molecule has 2 amide bonds. The van der Waals surface area contributed by atoms with E-state index in [2.05, 4.69) is 15.0 Å². The number of carbonyl (C=O) groups is 3. The fourth-order valence-corrected chi connectivity index (χ4v) is 4.29. The van der Waals surface area contributed by atoms with Crippen LogP contribution in [0.1, 0.15) is 30.0 Å². The fourth-order valence-electron chi connectivity index (χ4n) is 3.97. The lowest BCUT2D eigenvalue weighted by atomic mass is 10.0. The van der Waals surface area contributed by atoms with Gasteiger partial charge in [-0.25, -0.2) is 4.79 Å². The number of halogens is 2. The highest BCUT2D eigenvalue weighted by Crippen LogP contribution is 2.27. The number of likely N-dealkylation sites (N-methyl/N-ethyl adjacent to an activating group) is 1. The SMILES string of the molecule is COC(=O)/C=C/C(=O)Nc1ccc([C@H](CN2CCCC2)N(C)C(=O)Cc2ccc(Cl)c(Cl)c2)cc1. The number of methoxy groups -OCH3 is 1. The first-order valence-corrected chi connectivity index (χ1v) is 12.1. The molecule has 0 bridgehead atoms. The number of likely N-dealkylation sites (tertiary alicyclic amines) is 1. The molecule has 2 aromatic rings. The molecule has 9 heteroatoms. The normalized spacial score (nSPS) is 14.6. The summed E-state index contributed by atoms with van der Waals surface area (Å²) < 4.78 is 4.48. The maximum absolute atomic E-state index is 13.2. The molecule has 1 aliphatic rings. The zero-order valence-electron chi connectivity index (χ0n) is 19.8. The molecule has 35 heavy (non-hydrogen) atoms. The van der Waals surface area contributed by atoms with Crippen LogP contribution in [0.3, 0.4) is 0 Å². The molecule has 1 atom stereocenters. The number of rotatable bonds is 9. The number of nitrogens with one attached hydrogen (secondary N) is 1. The Morgan fingerprint density at radius 2 is 1.74 bits per heavy atom. The summed E-state index contributed by atoms with van der Waals surface area (Å²) >= 11 is 12.1. The molecule has 1 aliphatic heterocycles. The van der Waals surface area contributed by atoms with Crippen LogP contribution in [0, 0.1) is 0 Å². The van der Waals surface area contributed by atoms with Crippen molar-refractivity contribution >= 4 is 46.7 Å². The molecule has 1 saturated heterocycles. The Morgan fingerprint density at radius 3 is 2.37 bits per heavy atom. The summed E-state index contributed by atoms with van der Waals surface area (Å²) in [4.78, 5) is 40.5. The van der Waals surface area contributed by atoms with Crippen molar-refractivity contribution in [3.05, 3.63) is 75.8 Å². The van der Waals surface area contributed by atoms with Gasteiger partial charge < -0.3 is 19.9 Å². The van der Waals surface area contributed by atoms with Crippen LogP contribution in [-0.4, -0.2) is 61.4 Å². The summed E-state index contributed by atoms with van der Waals surface area (Å²) in [6.45, 7) is 2.73. The molecule has 0 saturated carbocycles. The number of carbonyl (C=O) groups excluding carboxylic acids is 3. The van der Waals surface area contributed by atoms with Crippen molar-refractivity contribution in [3.63, 3.8) is 0 Å². The average Bonchev–Trinajstić information content (AvgIpc) is 3.37. The Labute approximate surface area is 215 Å². The molecule has 2 aromatic carbocycles. The topological polar surface area (TPSA) is 79.0 Å². The number of anilines is 1. The van der Waals surface area contributed by atoms with Gasteiger partial charge >= 0.3 is 5.97 Å². The lowest BCUT2D eigenvalue weighted by Crippen LogP contribution is -2.39. The Bertz CT molecular complexity index is 1080. The minimum absolute atomic E-state index is 0.0297. The number of amides is 2. The standard InChI is InChI=1S/C26H29Cl2N3O4/c1-30(25(33)16-18-5-10-21(27)22(28)15-18)23(17-31-13-3-4-14-31)19-6-8-20(9-7-19)29-24(32)11-12-26(34)35-2/h5-12,15,23H,3-4,13-14,16-17H2,1-2H3,(H,29,32)/b12-11+/t23-/m0/s1. The van der Waals surface area contributed by atoms with Crippen molar-refractivity contribution in [2.45, 2.75) is 25.3 Å². The van der Waals surface area contributed by atoms with Gasteiger partial charge in [-0.2, -0.15) is 0 Å². The third-order valence-corrected chi connectivity index (χ3v) is 6.70. The van der Waals surface area contributed by atoms with E-state index >= 15 is 0 Å². The first-order valence-electron chi connectivity index (χ1n) is 11.4. The molecule has 1 N–H and O–H groups in total. The molecular formula is C26H29Cl2N3O4. The van der Waals surface area contributed by atoms with Crippen molar-refractivity contribution in [1.29, 1.82) is 0 Å². The summed E-state index contributed by atoms with van der Waals surface area (Å²) in [6.07, 6.45) is 4.69. The minimum Gasteiger partial charge on any atom is -0.466 e. The third-order valence-electron chi connectivity index (χ3n) is 5.97. The molecule has 0 aromatic heterocycles. The first-order chi connectivity index (χ1) is 16.8. The minimum atomic E-state index is -0.603. The van der Waals surface area contributed by atoms with Gasteiger partial charge in [0.15, 0.2) is 0 Å². The zero-order valence-corrected chi connectivity index (χ0v) is 21.3. The largest absolute Gasteiger partial charge is 0.466 e. The van der Waals surface area contributed by atoms with Crippen LogP contribution in [0.2, 0.25) is 10.0 Å². The molecule has 0 radical (unpaired) electrons. The Hall–Kier alpha value is -2.87. The van der Waals surface area contributed by atoms with Gasteiger partial charge in [0.25, 0.3) is 0 Å². The molecule has 186 valence electrons. The summed E-state index contributed by atoms with van der Waals surface area (Å²) in [7, 11) is 3.06. The number of ether oxygens (including phenoxy) is 1. The van der Waals surface area contributed by atoms with Gasteiger partial charge in [-0.3, -0.25) is 9.59 Å². The van der Waals surface area contributed by atoms with Crippen LogP contribution in [0.4, 0.5) is 5.69 Å². The van der Waals surface area contributed by atoms with Crippen LogP contribution >= 0.6 is 23.2 Å². The highest BCUT2D eigenvalue weighted by Gasteiger charge is 2.26. The molecule has 3 rings (SSSR count). The smallest absolute Gasteiger partial charge is 0.330 e. The predicted octanol–water partition coefficient (Wildman–Crippen LogP) is 4.50. The number of hydrogen-bond acceptors (Lipinski definition) is 5. The van der Waals surface area contributed by atoms with E-state index in [0.29, 0.717) is 15.7 Å². The van der Waals surface area contributed by atoms with E-state index in [0.717, 1.165) is 55.8 Å². The number of esters is 1. The van der Waals surface area contributed by atoms with E-state index in [9.17, 15) is 14.4 Å². The molecule has 0 aliphatic carbocycles. The summed E-state index contributed by atoms with van der Waals surface area (Å²) in [6, 6.07) is 12.4. The maximum atomic E-state index is 13.2. The molecule has 1 fully saturated rings. The van der Waals surface area contributed by atoms with Crippen LogP contribution < -0.4 is 5.32 Å². The number of nitrogens with zero attached hydrogens (tertiary/aromatic N) is 2. The van der Waals surface area contributed by atoms with Crippen molar-refractivity contribution in [2.24, 2.45) is 0 Å². The van der Waals surface area contributed by atoms with Crippen molar-refractivity contribution in [1.82, 2.24) is 9.80 Å². The molecule has 0 spiro atoms. The second-order valence-corrected chi connectivity index (χ2v) is 9.24. The van der Waals surface area contributed by atoms with Crippen LogP contribution in [-0.2, 0) is 25.5 Å². The summed E-state index contributed by atoms with van der Waals surface area (Å²) in [5, 5.41) is 3.59. The van der Waals surface area contributed by atoms with E-state index in [4.69, 9.17) is 23.2 Å². The monoisotopic (exact) mass is 517 g/mol. The predicted molar refractivity (Wildman–Crippen MR) is 138 cm³/mol. The van der Waals surface area contributed by atoms with E-state index in [1.165, 1.54) is 7.11 Å². The fraction of sp³-hybridized carbons (Fsp3) is 0.346. The van der Waals surface area contributed by atoms with Crippen LogP contribution in [0.5, 0.6) is 0 Å². The average molecular weight is 518 g/mol. The third kappa shape index (κ3) is 7.82. The van der Waals surface area contributed by atoms with Gasteiger partial charge in [-0.05, 0) is 61.3 Å². The Morgan fingerprint density at radius 1 is 1.06 bits per heavy atom. The van der Waals surface area contributed by atoms with Gasteiger partial charge in [0.05, 0.1) is 29.6 Å². The van der Waals surface area contributed by atoms with Crippen molar-refractivity contribution < 1.29 is 19.1 Å². The van der Waals surface area contributed by atoms with Gasteiger partial charge in [0.1, 0.15) is 0 Å². The summed E-state index contributed by atoms with van der Waals surface area (Å²) in [5.74, 6) is -1.07.